The van der Waals surface area contributed by atoms with Crippen molar-refractivity contribution in [3.05, 3.63) is 11.8 Å². The van der Waals surface area contributed by atoms with Gasteiger partial charge in [-0.3, -0.25) is 4.79 Å². The summed E-state index contributed by atoms with van der Waals surface area (Å²) in [5, 5.41) is 12.3. The lowest BCUT2D eigenvalue weighted by molar-refractivity contribution is -0.135. The van der Waals surface area contributed by atoms with Crippen molar-refractivity contribution >= 4 is 27.8 Å². The molecule has 2 N–H and O–H groups in total. The van der Waals surface area contributed by atoms with Gasteiger partial charge in [-0.1, -0.05) is 35.9 Å². The van der Waals surface area contributed by atoms with E-state index in [-0.39, 0.29) is 22.9 Å². The van der Waals surface area contributed by atoms with Gasteiger partial charge in [-0.05, 0) is 24.7 Å². The molecule has 1 rings (SSSR count). The summed E-state index contributed by atoms with van der Waals surface area (Å²) in [5.74, 6) is -1.31. The number of rotatable bonds is 6. The lowest BCUT2D eigenvalue weighted by atomic mass is 10.1. The van der Waals surface area contributed by atoms with Crippen LogP contribution in [0, 0.1) is 11.3 Å². The summed E-state index contributed by atoms with van der Waals surface area (Å²) in [6.45, 7) is 4.01. The van der Waals surface area contributed by atoms with E-state index in [0.717, 1.165) is 18.2 Å². The van der Waals surface area contributed by atoms with Crippen LogP contribution in [0.25, 0.3) is 0 Å². The van der Waals surface area contributed by atoms with E-state index in [1.165, 1.54) is 0 Å². The molecule has 1 amide bonds. The van der Waals surface area contributed by atoms with E-state index >= 15 is 0 Å². The lowest BCUT2D eigenvalue weighted by Gasteiger charge is -2.07. The van der Waals surface area contributed by atoms with Gasteiger partial charge in [0.05, 0.1) is 0 Å². The maximum absolute atomic E-state index is 11.7. The van der Waals surface area contributed by atoms with Gasteiger partial charge >= 0.3 is 5.97 Å². The highest BCUT2D eigenvalue weighted by atomic mass is 79.9. The summed E-state index contributed by atoms with van der Waals surface area (Å²) < 4.78 is 0. The maximum Gasteiger partial charge on any atom is 0.352 e. The van der Waals surface area contributed by atoms with Crippen molar-refractivity contribution in [2.24, 2.45) is 11.3 Å². The minimum atomic E-state index is -1.08. The van der Waals surface area contributed by atoms with Crippen molar-refractivity contribution in [1.82, 2.24) is 5.32 Å². The molecule has 1 unspecified atom stereocenters. The average Bonchev–Trinajstić information content (AvgIpc) is 2.86. The highest BCUT2D eigenvalue weighted by Crippen LogP contribution is 2.51. The summed E-state index contributed by atoms with van der Waals surface area (Å²) >= 11 is 3.27. The first-order valence-electron chi connectivity index (χ1n) is 5.69. The molecule has 1 aliphatic carbocycles. The number of alkyl halides is 1. The number of unbranched alkanes of at least 4 members (excludes halogenated alkanes) is 1. The van der Waals surface area contributed by atoms with Crippen molar-refractivity contribution in [3.8, 4) is 0 Å². The summed E-state index contributed by atoms with van der Waals surface area (Å²) in [6, 6.07) is 0. The molecule has 0 saturated heterocycles. The molecular formula is C12H18BrNO3. The van der Waals surface area contributed by atoms with E-state index in [1.54, 1.807) is 6.08 Å². The number of carboxylic acids is 1. The highest BCUT2D eigenvalue weighted by Gasteiger charge is 2.50. The Morgan fingerprint density at radius 1 is 1.53 bits per heavy atom. The second-order valence-electron chi connectivity index (χ2n) is 4.99. The standard InChI is InChI=1S/C12H18BrNO3/c1-12(2)7-8(12)10(15)14-9(11(16)17)5-3-4-6-13/h5,8H,3-4,6-7H2,1-2H3,(H,14,15)(H,16,17). The average molecular weight is 304 g/mol. The van der Waals surface area contributed by atoms with Crippen LogP contribution >= 0.6 is 15.9 Å². The Labute approximate surface area is 110 Å². The molecule has 17 heavy (non-hydrogen) atoms. The zero-order valence-corrected chi connectivity index (χ0v) is 11.7. The van der Waals surface area contributed by atoms with Gasteiger partial charge in [-0.15, -0.1) is 0 Å². The van der Waals surface area contributed by atoms with Crippen molar-refractivity contribution in [2.45, 2.75) is 33.1 Å². The van der Waals surface area contributed by atoms with Gasteiger partial charge in [0, 0.05) is 11.2 Å². The minimum absolute atomic E-state index is 0.00125. The van der Waals surface area contributed by atoms with Gasteiger partial charge in [-0.2, -0.15) is 0 Å². The molecule has 0 spiro atoms. The number of allylic oxidation sites excluding steroid dienone is 1. The molecule has 1 atom stereocenters. The molecule has 0 radical (unpaired) electrons. The summed E-state index contributed by atoms with van der Waals surface area (Å²) in [5.41, 5.74) is 0.0162. The molecule has 0 aromatic carbocycles. The number of aliphatic carboxylic acids is 1. The van der Waals surface area contributed by atoms with Crippen LogP contribution in [0.3, 0.4) is 0 Å². The van der Waals surface area contributed by atoms with Gasteiger partial charge in [0.25, 0.3) is 0 Å². The molecule has 0 aromatic heterocycles. The second kappa shape index (κ2) is 5.67. The van der Waals surface area contributed by atoms with E-state index in [2.05, 4.69) is 21.2 Å². The van der Waals surface area contributed by atoms with Crippen LogP contribution in [0.2, 0.25) is 0 Å². The van der Waals surface area contributed by atoms with Crippen molar-refractivity contribution in [1.29, 1.82) is 0 Å². The Bertz CT molecular complexity index is 350. The molecule has 0 aliphatic heterocycles. The number of hydrogen-bond donors (Lipinski definition) is 2. The normalized spacial score (nSPS) is 22.1. The van der Waals surface area contributed by atoms with Crippen LogP contribution in [0.1, 0.15) is 33.1 Å². The van der Waals surface area contributed by atoms with E-state index in [4.69, 9.17) is 5.11 Å². The third kappa shape index (κ3) is 4.15. The number of hydrogen-bond acceptors (Lipinski definition) is 2. The molecule has 0 aromatic rings. The Balaban J connectivity index is 2.53. The second-order valence-corrected chi connectivity index (χ2v) is 5.78. The fraction of sp³-hybridized carbons (Fsp3) is 0.667. The molecule has 0 heterocycles. The van der Waals surface area contributed by atoms with Crippen molar-refractivity contribution in [3.63, 3.8) is 0 Å². The molecular weight excluding hydrogens is 286 g/mol. The molecule has 1 saturated carbocycles. The van der Waals surface area contributed by atoms with E-state index in [9.17, 15) is 9.59 Å². The van der Waals surface area contributed by atoms with E-state index in [0.29, 0.717) is 6.42 Å². The number of carbonyl (C=O) groups is 2. The zero-order valence-electron chi connectivity index (χ0n) is 10.1. The summed E-state index contributed by atoms with van der Waals surface area (Å²) in [6.07, 6.45) is 3.88. The Kier molecular flexibility index (Phi) is 4.74. The fourth-order valence-electron chi connectivity index (χ4n) is 1.65. The molecule has 1 fully saturated rings. The highest BCUT2D eigenvalue weighted by molar-refractivity contribution is 9.09. The molecule has 5 heteroatoms. The zero-order chi connectivity index (χ0) is 13.1. The van der Waals surface area contributed by atoms with Gasteiger partial charge in [-0.25, -0.2) is 4.79 Å². The first kappa shape index (κ1) is 14.2. The minimum Gasteiger partial charge on any atom is -0.477 e. The first-order valence-corrected chi connectivity index (χ1v) is 6.81. The largest absolute Gasteiger partial charge is 0.477 e. The van der Waals surface area contributed by atoms with Crippen molar-refractivity contribution in [2.75, 3.05) is 5.33 Å². The molecule has 96 valence electrons. The molecule has 1 aliphatic rings. The van der Waals surface area contributed by atoms with E-state index in [1.807, 2.05) is 13.8 Å². The Morgan fingerprint density at radius 2 is 2.12 bits per heavy atom. The number of halogens is 1. The summed E-state index contributed by atoms with van der Waals surface area (Å²) in [4.78, 5) is 22.7. The number of amides is 1. The number of carboxylic acid groups (broad SMARTS) is 1. The molecule has 4 nitrogen and oxygen atoms in total. The van der Waals surface area contributed by atoms with Crippen molar-refractivity contribution < 1.29 is 14.7 Å². The van der Waals surface area contributed by atoms with Gasteiger partial charge in [0.1, 0.15) is 5.70 Å². The van der Waals surface area contributed by atoms with Gasteiger partial charge in [0.15, 0.2) is 0 Å². The monoisotopic (exact) mass is 303 g/mol. The van der Waals surface area contributed by atoms with Gasteiger partial charge in [0.2, 0.25) is 5.91 Å². The number of carbonyl (C=O) groups excluding carboxylic acids is 1. The van der Waals surface area contributed by atoms with Crippen LogP contribution in [0.4, 0.5) is 0 Å². The van der Waals surface area contributed by atoms with Crippen LogP contribution in [0.15, 0.2) is 11.8 Å². The third-order valence-electron chi connectivity index (χ3n) is 3.00. The van der Waals surface area contributed by atoms with Crippen LogP contribution in [-0.4, -0.2) is 22.3 Å². The molecule has 0 bridgehead atoms. The van der Waals surface area contributed by atoms with Gasteiger partial charge < -0.3 is 10.4 Å². The lowest BCUT2D eigenvalue weighted by Crippen LogP contribution is -2.29. The van der Waals surface area contributed by atoms with Crippen LogP contribution < -0.4 is 5.32 Å². The predicted octanol–water partition coefficient (Wildman–Crippen LogP) is 2.29. The van der Waals surface area contributed by atoms with Crippen LogP contribution in [0.5, 0.6) is 0 Å². The first-order chi connectivity index (χ1) is 7.88. The summed E-state index contributed by atoms with van der Waals surface area (Å²) in [7, 11) is 0. The Hall–Kier alpha value is -0.840. The predicted molar refractivity (Wildman–Crippen MR) is 68.8 cm³/mol. The van der Waals surface area contributed by atoms with E-state index < -0.39 is 5.97 Å². The smallest absolute Gasteiger partial charge is 0.352 e. The quantitative estimate of drug-likeness (QED) is 0.449. The fourth-order valence-corrected chi connectivity index (χ4v) is 1.97. The third-order valence-corrected chi connectivity index (χ3v) is 3.57. The number of nitrogens with one attached hydrogen (secondary N) is 1. The van der Waals surface area contributed by atoms with Crippen LogP contribution in [-0.2, 0) is 9.59 Å². The topological polar surface area (TPSA) is 66.4 Å². The Morgan fingerprint density at radius 3 is 2.53 bits per heavy atom. The SMILES string of the molecule is CC1(C)CC1C(=O)NC(=CCCCBr)C(=O)O. The maximum atomic E-state index is 11.7.